The van der Waals surface area contributed by atoms with E-state index >= 15 is 0 Å². The lowest BCUT2D eigenvalue weighted by Gasteiger charge is -2.36. The third-order valence-corrected chi connectivity index (χ3v) is 7.70. The molecule has 1 aliphatic carbocycles. The average Bonchev–Trinajstić information content (AvgIpc) is 3.24. The highest BCUT2D eigenvalue weighted by molar-refractivity contribution is 5.94. The van der Waals surface area contributed by atoms with E-state index in [1.165, 1.54) is 27.4 Å². The number of carbonyl (C=O) groups excluding carboxylic acids is 1. The van der Waals surface area contributed by atoms with E-state index in [-0.39, 0.29) is 18.6 Å². The Balaban J connectivity index is 0.000000286. The summed E-state index contributed by atoms with van der Waals surface area (Å²) in [6.07, 6.45) is 2.08. The fourth-order valence-electron chi connectivity index (χ4n) is 5.57. The van der Waals surface area contributed by atoms with E-state index in [0.29, 0.717) is 5.92 Å². The van der Waals surface area contributed by atoms with Crippen molar-refractivity contribution in [1.82, 2.24) is 9.96 Å². The minimum atomic E-state index is 0.123. The summed E-state index contributed by atoms with van der Waals surface area (Å²) in [4.78, 5) is 17.1. The number of aliphatic hydroxyl groups excluding tert-OH is 1. The summed E-state index contributed by atoms with van der Waals surface area (Å²) in [6.45, 7) is 6.10. The molecule has 1 amide bonds. The summed E-state index contributed by atoms with van der Waals surface area (Å²) in [5.41, 5.74) is 6.82. The number of hydroxylamine groups is 2. The standard InChI is InChI=1S/C23H27N3O2.C7H8O/c1-16-2-4-17(5-3-16)23(27)25-12-10-24(11-13-25)19-6-7-20-18-8-9-26(28)22(14-18)21(20)15-19;8-6-7-4-2-1-3-5-7/h2-7,15,18,22,28H,8-14H2,1H3;1-5,8H,6H2. The van der Waals surface area contributed by atoms with Crippen molar-refractivity contribution in [3.63, 3.8) is 0 Å². The van der Waals surface area contributed by atoms with E-state index in [4.69, 9.17) is 5.11 Å². The third kappa shape index (κ3) is 5.16. The van der Waals surface area contributed by atoms with Crippen LogP contribution < -0.4 is 4.90 Å². The van der Waals surface area contributed by atoms with Crippen LogP contribution in [0.4, 0.5) is 5.69 Å². The summed E-state index contributed by atoms with van der Waals surface area (Å²) < 4.78 is 0. The van der Waals surface area contributed by atoms with Crippen molar-refractivity contribution in [2.75, 3.05) is 37.6 Å². The summed E-state index contributed by atoms with van der Waals surface area (Å²) in [7, 11) is 0. The number of hydrogen-bond acceptors (Lipinski definition) is 5. The van der Waals surface area contributed by atoms with Gasteiger partial charge in [-0.1, -0.05) is 54.1 Å². The van der Waals surface area contributed by atoms with Crippen LogP contribution in [0, 0.1) is 6.92 Å². The van der Waals surface area contributed by atoms with Crippen LogP contribution in [0.3, 0.4) is 0 Å². The number of fused-ring (bicyclic) bond motifs is 5. The van der Waals surface area contributed by atoms with E-state index in [1.807, 2.05) is 66.4 Å². The molecular formula is C30H35N3O3. The molecule has 6 rings (SSSR count). The Labute approximate surface area is 213 Å². The first kappa shape index (κ1) is 24.5. The van der Waals surface area contributed by atoms with Gasteiger partial charge < -0.3 is 20.1 Å². The van der Waals surface area contributed by atoms with Gasteiger partial charge in [0.25, 0.3) is 5.91 Å². The lowest BCUT2D eigenvalue weighted by atomic mass is 9.96. The van der Waals surface area contributed by atoms with Crippen LogP contribution >= 0.6 is 0 Å². The second-order valence-electron chi connectivity index (χ2n) is 10.0. The Hall–Kier alpha value is -3.19. The smallest absolute Gasteiger partial charge is 0.253 e. The fourth-order valence-corrected chi connectivity index (χ4v) is 5.57. The normalized spacial score (nSPS) is 21.0. The fraction of sp³-hybridized carbons (Fsp3) is 0.367. The molecule has 36 heavy (non-hydrogen) atoms. The third-order valence-electron chi connectivity index (χ3n) is 7.70. The van der Waals surface area contributed by atoms with Crippen LogP contribution in [-0.2, 0) is 6.61 Å². The zero-order chi connectivity index (χ0) is 25.1. The van der Waals surface area contributed by atoms with E-state index in [1.54, 1.807) is 0 Å². The predicted molar refractivity (Wildman–Crippen MR) is 141 cm³/mol. The van der Waals surface area contributed by atoms with Crippen LogP contribution in [0.15, 0.2) is 72.8 Å². The summed E-state index contributed by atoms with van der Waals surface area (Å²) >= 11 is 0. The highest BCUT2D eigenvalue weighted by Crippen LogP contribution is 2.49. The molecular weight excluding hydrogens is 450 g/mol. The second kappa shape index (κ2) is 10.8. The number of aliphatic hydroxyl groups is 1. The Kier molecular flexibility index (Phi) is 7.37. The van der Waals surface area contributed by atoms with Crippen molar-refractivity contribution in [2.24, 2.45) is 0 Å². The molecule has 2 atom stereocenters. The number of aryl methyl sites for hydroxylation is 1. The monoisotopic (exact) mass is 485 g/mol. The average molecular weight is 486 g/mol. The first-order chi connectivity index (χ1) is 17.5. The highest BCUT2D eigenvalue weighted by Gasteiger charge is 2.38. The van der Waals surface area contributed by atoms with Crippen LogP contribution in [0.25, 0.3) is 0 Å². The molecule has 2 N–H and O–H groups in total. The SMILES string of the molecule is Cc1ccc(C(=O)N2CCN(c3ccc4c(c3)C3CC4CCN3O)CC2)cc1.OCc1ccccc1. The number of rotatable bonds is 3. The largest absolute Gasteiger partial charge is 0.392 e. The minimum Gasteiger partial charge on any atom is -0.392 e. The summed E-state index contributed by atoms with van der Waals surface area (Å²) in [5, 5.41) is 20.3. The highest BCUT2D eigenvalue weighted by atomic mass is 16.5. The molecule has 2 heterocycles. The van der Waals surface area contributed by atoms with Gasteiger partial charge in [-0.3, -0.25) is 4.79 Å². The maximum Gasteiger partial charge on any atom is 0.253 e. The zero-order valence-corrected chi connectivity index (χ0v) is 20.9. The van der Waals surface area contributed by atoms with Gasteiger partial charge in [-0.15, -0.1) is 0 Å². The molecule has 0 radical (unpaired) electrons. The number of amides is 1. The number of hydrogen-bond donors (Lipinski definition) is 2. The lowest BCUT2D eigenvalue weighted by molar-refractivity contribution is -0.141. The van der Waals surface area contributed by atoms with E-state index < -0.39 is 0 Å². The molecule has 3 aromatic carbocycles. The molecule has 3 aliphatic rings. The van der Waals surface area contributed by atoms with E-state index in [2.05, 4.69) is 23.1 Å². The van der Waals surface area contributed by atoms with Crippen molar-refractivity contribution >= 4 is 11.6 Å². The molecule has 0 aromatic heterocycles. The Morgan fingerprint density at radius 3 is 2.28 bits per heavy atom. The molecule has 6 nitrogen and oxygen atoms in total. The van der Waals surface area contributed by atoms with Crippen molar-refractivity contribution in [3.8, 4) is 0 Å². The number of benzene rings is 3. The van der Waals surface area contributed by atoms with Gasteiger partial charge in [0.15, 0.2) is 0 Å². The molecule has 0 saturated carbocycles. The van der Waals surface area contributed by atoms with Crippen LogP contribution in [0.2, 0.25) is 0 Å². The van der Waals surface area contributed by atoms with Crippen LogP contribution in [0.1, 0.15) is 57.4 Å². The molecule has 188 valence electrons. The quantitative estimate of drug-likeness (QED) is 0.560. The van der Waals surface area contributed by atoms with Gasteiger partial charge in [0.05, 0.1) is 12.6 Å². The van der Waals surface area contributed by atoms with Gasteiger partial charge in [-0.05, 0) is 66.6 Å². The number of anilines is 1. The topological polar surface area (TPSA) is 67.3 Å². The van der Waals surface area contributed by atoms with Gasteiger partial charge >= 0.3 is 0 Å². The molecule has 6 heteroatoms. The second-order valence-corrected chi connectivity index (χ2v) is 10.0. The molecule has 3 aromatic rings. The van der Waals surface area contributed by atoms with Gasteiger partial charge in [-0.2, -0.15) is 5.06 Å². The molecule has 2 fully saturated rings. The maximum atomic E-state index is 12.7. The molecule has 2 saturated heterocycles. The predicted octanol–water partition coefficient (Wildman–Crippen LogP) is 4.76. The molecule has 0 spiro atoms. The first-order valence-electron chi connectivity index (χ1n) is 12.9. The van der Waals surface area contributed by atoms with Gasteiger partial charge in [-0.25, -0.2) is 0 Å². The minimum absolute atomic E-state index is 0.123. The van der Waals surface area contributed by atoms with E-state index in [0.717, 1.165) is 56.7 Å². The van der Waals surface area contributed by atoms with Crippen molar-refractivity contribution in [1.29, 1.82) is 0 Å². The van der Waals surface area contributed by atoms with Crippen molar-refractivity contribution in [3.05, 3.63) is 101 Å². The lowest BCUT2D eigenvalue weighted by Crippen LogP contribution is -2.48. The molecule has 2 aliphatic heterocycles. The van der Waals surface area contributed by atoms with Crippen molar-refractivity contribution in [2.45, 2.75) is 38.3 Å². The van der Waals surface area contributed by atoms with Crippen LogP contribution in [-0.4, -0.2) is 58.9 Å². The van der Waals surface area contributed by atoms with Crippen molar-refractivity contribution < 1.29 is 15.1 Å². The Morgan fingerprint density at radius 2 is 1.61 bits per heavy atom. The van der Waals surface area contributed by atoms with Gasteiger partial charge in [0.2, 0.25) is 0 Å². The number of piperidine rings is 1. The summed E-state index contributed by atoms with van der Waals surface area (Å²) in [5.74, 6) is 0.722. The molecule has 2 unspecified atom stereocenters. The van der Waals surface area contributed by atoms with Gasteiger partial charge in [0, 0.05) is 44.0 Å². The Bertz CT molecular complexity index is 1170. The Morgan fingerprint density at radius 1 is 0.889 bits per heavy atom. The van der Waals surface area contributed by atoms with Gasteiger partial charge in [0.1, 0.15) is 0 Å². The number of carbonyl (C=O) groups is 1. The first-order valence-corrected chi connectivity index (χ1v) is 12.9. The van der Waals surface area contributed by atoms with E-state index in [9.17, 15) is 10.0 Å². The maximum absolute atomic E-state index is 12.7. The van der Waals surface area contributed by atoms with Crippen LogP contribution in [0.5, 0.6) is 0 Å². The molecule has 2 bridgehead atoms. The number of piperazine rings is 1. The number of nitrogens with zero attached hydrogens (tertiary/aromatic N) is 3. The zero-order valence-electron chi connectivity index (χ0n) is 20.9. The summed E-state index contributed by atoms with van der Waals surface area (Å²) in [6, 6.07) is 24.3.